The Labute approximate surface area is 165 Å². The van der Waals surface area contributed by atoms with E-state index >= 15 is 0 Å². The van der Waals surface area contributed by atoms with Gasteiger partial charge in [-0.3, -0.25) is 9.48 Å². The van der Waals surface area contributed by atoms with Crippen LogP contribution in [0.1, 0.15) is 31.1 Å². The fourth-order valence-electron chi connectivity index (χ4n) is 3.06. The molecule has 0 saturated carbocycles. The summed E-state index contributed by atoms with van der Waals surface area (Å²) in [7, 11) is 1.73. The van der Waals surface area contributed by atoms with Gasteiger partial charge in [0.25, 0.3) is 5.91 Å². The van der Waals surface area contributed by atoms with E-state index in [-0.39, 0.29) is 11.7 Å². The van der Waals surface area contributed by atoms with Crippen molar-refractivity contribution in [3.8, 4) is 11.4 Å². The van der Waals surface area contributed by atoms with Gasteiger partial charge in [-0.15, -0.1) is 0 Å². The second-order valence-electron chi connectivity index (χ2n) is 7.64. The van der Waals surface area contributed by atoms with Gasteiger partial charge in [0.2, 0.25) is 0 Å². The lowest BCUT2D eigenvalue weighted by molar-refractivity contribution is 0.0710. The zero-order valence-electron chi connectivity index (χ0n) is 16.5. The van der Waals surface area contributed by atoms with E-state index in [1.807, 2.05) is 0 Å². The quantitative estimate of drug-likeness (QED) is 0.491. The van der Waals surface area contributed by atoms with Gasteiger partial charge in [-0.1, -0.05) is 0 Å². The van der Waals surface area contributed by atoms with Crippen molar-refractivity contribution in [1.82, 2.24) is 30.0 Å². The maximum atomic E-state index is 13.6. The number of aromatic amines is 1. The lowest BCUT2D eigenvalue weighted by Gasteiger charge is -2.29. The third-order valence-corrected chi connectivity index (χ3v) is 5.16. The molecule has 150 valence electrons. The number of nitrogens with zero attached hydrogens (tertiary/aromatic N) is 4. The molecule has 0 spiro atoms. The molecule has 0 saturated heterocycles. The highest BCUT2D eigenvalue weighted by Crippen LogP contribution is 2.28. The van der Waals surface area contributed by atoms with Crippen molar-refractivity contribution in [2.24, 2.45) is 7.05 Å². The molecule has 3 aromatic heterocycles. The fraction of sp³-hybridized carbons (Fsp3) is 0.300. The van der Waals surface area contributed by atoms with Gasteiger partial charge in [-0.2, -0.15) is 5.10 Å². The molecule has 1 unspecified atom stereocenters. The molecule has 0 bridgehead atoms. The van der Waals surface area contributed by atoms with Crippen molar-refractivity contribution in [1.29, 1.82) is 0 Å². The van der Waals surface area contributed by atoms with Gasteiger partial charge in [0, 0.05) is 18.6 Å². The molecule has 0 fully saturated rings. The summed E-state index contributed by atoms with van der Waals surface area (Å²) < 4.78 is 15.2. The maximum absolute atomic E-state index is 13.6. The number of nitrogens with one attached hydrogen (secondary N) is 2. The van der Waals surface area contributed by atoms with Crippen LogP contribution in [0.2, 0.25) is 0 Å². The molecule has 0 radical (unpaired) electrons. The summed E-state index contributed by atoms with van der Waals surface area (Å²) in [6.07, 6.45) is 2.36. The number of aromatic nitrogens is 5. The highest BCUT2D eigenvalue weighted by Gasteiger charge is 2.28. The monoisotopic (exact) mass is 396 g/mol. The largest absolute Gasteiger partial charge is 0.391 e. The topological polar surface area (TPSA) is 109 Å². The number of rotatable bonds is 4. The van der Waals surface area contributed by atoms with Crippen molar-refractivity contribution in [3.05, 3.63) is 42.0 Å². The van der Waals surface area contributed by atoms with Crippen LogP contribution in [0.3, 0.4) is 0 Å². The third-order valence-electron chi connectivity index (χ3n) is 5.16. The van der Waals surface area contributed by atoms with Crippen molar-refractivity contribution in [2.45, 2.75) is 32.4 Å². The summed E-state index contributed by atoms with van der Waals surface area (Å²) in [5.74, 6) is -0.722. The van der Waals surface area contributed by atoms with Gasteiger partial charge < -0.3 is 15.4 Å². The normalized spacial score (nSPS) is 13.2. The summed E-state index contributed by atoms with van der Waals surface area (Å²) in [5, 5.41) is 17.9. The highest BCUT2D eigenvalue weighted by atomic mass is 19.1. The SMILES string of the molecule is CC(O)C(C)(C)NC(=O)c1c[nH]c2ncc(-c3nn(C)c4cc(F)ccc34)nc12. The number of aryl methyl sites for hydroxylation is 1. The van der Waals surface area contributed by atoms with Crippen LogP contribution < -0.4 is 5.32 Å². The van der Waals surface area contributed by atoms with Crippen LogP contribution in [-0.4, -0.2) is 47.4 Å². The number of carbonyl (C=O) groups excluding carboxylic acids is 1. The molecule has 1 atom stereocenters. The zero-order valence-corrected chi connectivity index (χ0v) is 16.5. The summed E-state index contributed by atoms with van der Waals surface area (Å²) in [4.78, 5) is 24.7. The molecule has 0 aliphatic rings. The molecule has 4 rings (SSSR count). The Morgan fingerprint density at radius 3 is 2.86 bits per heavy atom. The summed E-state index contributed by atoms with van der Waals surface area (Å²) >= 11 is 0. The Bertz CT molecular complexity index is 1240. The number of aliphatic hydroxyl groups excluding tert-OH is 1. The third kappa shape index (κ3) is 3.23. The van der Waals surface area contributed by atoms with E-state index in [4.69, 9.17) is 0 Å². The number of halogens is 1. The molecule has 3 N–H and O–H groups in total. The van der Waals surface area contributed by atoms with Gasteiger partial charge >= 0.3 is 0 Å². The molecular weight excluding hydrogens is 375 g/mol. The van der Waals surface area contributed by atoms with Crippen molar-refractivity contribution in [2.75, 3.05) is 0 Å². The predicted molar refractivity (Wildman–Crippen MR) is 107 cm³/mol. The van der Waals surface area contributed by atoms with Crippen LogP contribution in [0.25, 0.3) is 33.5 Å². The number of aliphatic hydroxyl groups is 1. The number of amides is 1. The minimum Gasteiger partial charge on any atom is -0.391 e. The zero-order chi connectivity index (χ0) is 20.9. The molecule has 0 aliphatic carbocycles. The lowest BCUT2D eigenvalue weighted by Crippen LogP contribution is -2.50. The Morgan fingerprint density at radius 1 is 1.38 bits per heavy atom. The second kappa shape index (κ2) is 6.63. The standard InChI is InChI=1S/C20H21FN6O2/c1-10(28)20(2,3)25-19(29)13-8-22-18-17(13)24-14(9-23-18)16-12-6-5-11(21)7-15(12)27(4)26-16/h5-10,28H,1-4H3,(H,22,23)(H,25,29). The lowest BCUT2D eigenvalue weighted by atomic mass is 9.98. The summed E-state index contributed by atoms with van der Waals surface area (Å²) in [6.45, 7) is 5.09. The van der Waals surface area contributed by atoms with E-state index in [9.17, 15) is 14.3 Å². The molecule has 1 amide bonds. The Balaban J connectivity index is 1.80. The first-order valence-electron chi connectivity index (χ1n) is 9.14. The molecule has 29 heavy (non-hydrogen) atoms. The van der Waals surface area contributed by atoms with Crippen LogP contribution >= 0.6 is 0 Å². The Hall–Kier alpha value is -3.33. The van der Waals surface area contributed by atoms with Crippen LogP contribution in [0, 0.1) is 5.82 Å². The van der Waals surface area contributed by atoms with E-state index in [1.54, 1.807) is 44.8 Å². The maximum Gasteiger partial charge on any atom is 0.255 e. The van der Waals surface area contributed by atoms with E-state index in [1.165, 1.54) is 18.3 Å². The minimum absolute atomic E-state index is 0.314. The number of carbonyl (C=O) groups is 1. The first kappa shape index (κ1) is 19.0. The molecule has 4 aromatic rings. The first-order valence-corrected chi connectivity index (χ1v) is 9.14. The Kier molecular flexibility index (Phi) is 4.34. The van der Waals surface area contributed by atoms with Gasteiger partial charge in [0.05, 0.1) is 28.9 Å². The summed E-state index contributed by atoms with van der Waals surface area (Å²) in [5.41, 5.74) is 2.00. The Morgan fingerprint density at radius 2 is 2.14 bits per heavy atom. The van der Waals surface area contributed by atoms with Gasteiger partial charge in [0.15, 0.2) is 5.65 Å². The van der Waals surface area contributed by atoms with Crippen molar-refractivity contribution >= 4 is 28.0 Å². The van der Waals surface area contributed by atoms with E-state index < -0.39 is 11.6 Å². The molecule has 1 aromatic carbocycles. The van der Waals surface area contributed by atoms with E-state index in [2.05, 4.69) is 25.4 Å². The average Bonchev–Trinajstić information content (AvgIpc) is 3.22. The predicted octanol–water partition coefficient (Wildman–Crippen LogP) is 2.54. The van der Waals surface area contributed by atoms with Crippen molar-refractivity contribution < 1.29 is 14.3 Å². The van der Waals surface area contributed by atoms with E-state index in [0.29, 0.717) is 33.6 Å². The second-order valence-corrected chi connectivity index (χ2v) is 7.64. The van der Waals surface area contributed by atoms with Gasteiger partial charge in [-0.05, 0) is 39.0 Å². The van der Waals surface area contributed by atoms with Crippen LogP contribution in [-0.2, 0) is 7.05 Å². The molecule has 9 heteroatoms. The van der Waals surface area contributed by atoms with Crippen LogP contribution in [0.5, 0.6) is 0 Å². The molecule has 3 heterocycles. The number of benzene rings is 1. The first-order chi connectivity index (χ1) is 13.7. The van der Waals surface area contributed by atoms with Gasteiger partial charge in [-0.25, -0.2) is 14.4 Å². The smallest absolute Gasteiger partial charge is 0.255 e. The van der Waals surface area contributed by atoms with Gasteiger partial charge in [0.1, 0.15) is 22.7 Å². The minimum atomic E-state index is -0.813. The number of hydrogen-bond donors (Lipinski definition) is 3. The number of hydrogen-bond acceptors (Lipinski definition) is 5. The summed E-state index contributed by atoms with van der Waals surface area (Å²) in [6, 6.07) is 4.42. The van der Waals surface area contributed by atoms with E-state index in [0.717, 1.165) is 5.39 Å². The molecule has 0 aliphatic heterocycles. The number of H-pyrrole nitrogens is 1. The van der Waals surface area contributed by atoms with Crippen LogP contribution in [0.4, 0.5) is 4.39 Å². The average molecular weight is 396 g/mol. The molecule has 8 nitrogen and oxygen atoms in total. The fourth-order valence-corrected chi connectivity index (χ4v) is 3.06. The van der Waals surface area contributed by atoms with Crippen LogP contribution in [0.15, 0.2) is 30.6 Å². The number of fused-ring (bicyclic) bond motifs is 2. The van der Waals surface area contributed by atoms with Crippen molar-refractivity contribution in [3.63, 3.8) is 0 Å². The highest BCUT2D eigenvalue weighted by molar-refractivity contribution is 6.05. The molecular formula is C20H21FN6O2.